The van der Waals surface area contributed by atoms with Crippen LogP contribution in [0.5, 0.6) is 0 Å². The fraction of sp³-hybridized carbons (Fsp3) is 0.333. The number of hydrogen-bond donors (Lipinski definition) is 3. The van der Waals surface area contributed by atoms with Crippen LogP contribution in [0.25, 0.3) is 0 Å². The van der Waals surface area contributed by atoms with E-state index >= 15 is 0 Å². The Morgan fingerprint density at radius 3 is 2.60 bits per heavy atom. The predicted molar refractivity (Wildman–Crippen MR) is 97.2 cm³/mol. The van der Waals surface area contributed by atoms with Crippen molar-refractivity contribution in [1.29, 1.82) is 0 Å². The predicted octanol–water partition coefficient (Wildman–Crippen LogP) is 1.36. The first-order valence-electron chi connectivity index (χ1n) is 8.16. The highest BCUT2D eigenvalue weighted by atomic mass is 32.1. The van der Waals surface area contributed by atoms with Crippen LogP contribution in [0, 0.1) is 12.7 Å². The molecule has 0 radical (unpaired) electrons. The Morgan fingerprint density at radius 2 is 1.96 bits per heavy atom. The summed E-state index contributed by atoms with van der Waals surface area (Å²) in [4.78, 5) is 26.1. The molecule has 2 rings (SSSR count). The molecule has 0 bridgehead atoms. The van der Waals surface area contributed by atoms with Gasteiger partial charge < -0.3 is 15.5 Å². The number of hydrogen-bond acceptors (Lipinski definition) is 3. The van der Waals surface area contributed by atoms with Gasteiger partial charge in [-0.05, 0) is 43.0 Å². The second-order valence-corrected chi connectivity index (χ2v) is 6.86. The van der Waals surface area contributed by atoms with Crippen LogP contribution in [0.2, 0.25) is 0 Å². The van der Waals surface area contributed by atoms with Gasteiger partial charge in [0.25, 0.3) is 11.8 Å². The molecule has 134 valence electrons. The van der Waals surface area contributed by atoms with Crippen molar-refractivity contribution in [3.05, 3.63) is 52.0 Å². The highest BCUT2D eigenvalue weighted by Gasteiger charge is 2.17. The molecule has 0 saturated carbocycles. The van der Waals surface area contributed by atoms with Gasteiger partial charge >= 0.3 is 0 Å². The van der Waals surface area contributed by atoms with Crippen LogP contribution >= 0.6 is 11.3 Å². The number of rotatable bonds is 8. The molecule has 5 nitrogen and oxygen atoms in total. The van der Waals surface area contributed by atoms with Crippen LogP contribution in [-0.2, 0) is 16.1 Å². The minimum absolute atomic E-state index is 0.0977. The number of likely N-dealkylation sites (N-methyl/N-ethyl adjacent to an activating group) is 1. The zero-order chi connectivity index (χ0) is 18.2. The maximum absolute atomic E-state index is 13.5. The van der Waals surface area contributed by atoms with E-state index in [4.69, 9.17) is 0 Å². The van der Waals surface area contributed by atoms with Crippen LogP contribution in [-0.4, -0.2) is 31.4 Å². The van der Waals surface area contributed by atoms with Gasteiger partial charge in [0.1, 0.15) is 5.82 Å². The van der Waals surface area contributed by atoms with E-state index in [0.29, 0.717) is 24.3 Å². The van der Waals surface area contributed by atoms with E-state index in [2.05, 4.69) is 10.6 Å². The average Bonchev–Trinajstić information content (AvgIpc) is 3.09. The molecule has 1 aromatic heterocycles. The van der Waals surface area contributed by atoms with Crippen molar-refractivity contribution in [3.63, 3.8) is 0 Å². The molecule has 1 heterocycles. The smallest absolute Gasteiger partial charge is 0.279 e. The number of quaternary nitrogens is 1. The maximum atomic E-state index is 13.5. The number of thiophene rings is 1. The summed E-state index contributed by atoms with van der Waals surface area (Å²) >= 11 is 1.59. The van der Waals surface area contributed by atoms with Gasteiger partial charge in [0.2, 0.25) is 0 Å². The topological polar surface area (TPSA) is 62.6 Å². The van der Waals surface area contributed by atoms with Crippen LogP contribution in [0.15, 0.2) is 35.7 Å². The Morgan fingerprint density at radius 1 is 1.20 bits per heavy atom. The second-order valence-electron chi connectivity index (χ2n) is 5.83. The molecule has 25 heavy (non-hydrogen) atoms. The standard InChI is InChI=1S/C18H22FN3O2S/c1-3-22(11-17(23)20-10-15-5-4-8-25-15)12-18(24)21-14-7-6-13(2)16(19)9-14/h4-9H,3,10-12H2,1-2H3,(H,20,23)(H,21,24)/p+1. The lowest BCUT2D eigenvalue weighted by Crippen LogP contribution is -3.13. The van der Waals surface area contributed by atoms with Gasteiger partial charge in [0.15, 0.2) is 13.1 Å². The first-order valence-corrected chi connectivity index (χ1v) is 9.04. The Hall–Kier alpha value is -2.25. The number of carbonyl (C=O) groups excluding carboxylic acids is 2. The number of benzene rings is 1. The third-order valence-electron chi connectivity index (χ3n) is 3.82. The largest absolute Gasteiger partial charge is 0.346 e. The Labute approximate surface area is 150 Å². The molecule has 2 amide bonds. The molecule has 0 aliphatic rings. The van der Waals surface area contributed by atoms with E-state index < -0.39 is 0 Å². The third kappa shape index (κ3) is 6.28. The fourth-order valence-electron chi connectivity index (χ4n) is 2.30. The number of amides is 2. The van der Waals surface area contributed by atoms with E-state index in [1.165, 1.54) is 6.07 Å². The molecular weight excluding hydrogens is 341 g/mol. The van der Waals surface area contributed by atoms with Gasteiger partial charge in [-0.25, -0.2) is 4.39 Å². The summed E-state index contributed by atoms with van der Waals surface area (Å²) in [6.07, 6.45) is 0. The summed E-state index contributed by atoms with van der Waals surface area (Å²) in [5.74, 6) is -0.698. The lowest BCUT2D eigenvalue weighted by atomic mass is 10.2. The highest BCUT2D eigenvalue weighted by molar-refractivity contribution is 7.09. The molecule has 0 spiro atoms. The lowest BCUT2D eigenvalue weighted by Gasteiger charge is -2.17. The van der Waals surface area contributed by atoms with Crippen LogP contribution in [0.3, 0.4) is 0 Å². The monoisotopic (exact) mass is 364 g/mol. The lowest BCUT2D eigenvalue weighted by molar-refractivity contribution is -0.881. The van der Waals surface area contributed by atoms with E-state index in [-0.39, 0.29) is 30.7 Å². The summed E-state index contributed by atoms with van der Waals surface area (Å²) in [5.41, 5.74) is 0.951. The zero-order valence-electron chi connectivity index (χ0n) is 14.4. The van der Waals surface area contributed by atoms with Crippen LogP contribution in [0.4, 0.5) is 10.1 Å². The van der Waals surface area contributed by atoms with Crippen molar-refractivity contribution in [3.8, 4) is 0 Å². The normalized spacial score (nSPS) is 11.8. The van der Waals surface area contributed by atoms with Crippen molar-refractivity contribution in [2.45, 2.75) is 20.4 Å². The van der Waals surface area contributed by atoms with Gasteiger partial charge in [-0.1, -0.05) is 12.1 Å². The molecule has 0 saturated heterocycles. The van der Waals surface area contributed by atoms with Gasteiger partial charge in [-0.3, -0.25) is 9.59 Å². The Kier molecular flexibility index (Phi) is 7.09. The molecule has 0 fully saturated rings. The molecular formula is C18H23FN3O2S+. The van der Waals surface area contributed by atoms with Crippen LogP contribution in [0.1, 0.15) is 17.4 Å². The Bertz CT molecular complexity index is 719. The molecule has 1 atom stereocenters. The first-order chi connectivity index (χ1) is 12.0. The Balaban J connectivity index is 1.80. The molecule has 0 aliphatic heterocycles. The molecule has 1 unspecified atom stereocenters. The number of nitrogens with one attached hydrogen (secondary N) is 3. The molecule has 7 heteroatoms. The van der Waals surface area contributed by atoms with E-state index in [0.717, 1.165) is 9.78 Å². The second kappa shape index (κ2) is 9.29. The van der Waals surface area contributed by atoms with E-state index in [9.17, 15) is 14.0 Å². The van der Waals surface area contributed by atoms with Crippen LogP contribution < -0.4 is 15.5 Å². The van der Waals surface area contributed by atoms with Gasteiger partial charge in [-0.15, -0.1) is 11.3 Å². The zero-order valence-corrected chi connectivity index (χ0v) is 15.2. The first kappa shape index (κ1) is 19.1. The summed E-state index contributed by atoms with van der Waals surface area (Å²) < 4.78 is 13.5. The fourth-order valence-corrected chi connectivity index (χ4v) is 2.95. The van der Waals surface area contributed by atoms with Crippen molar-refractivity contribution in [1.82, 2.24) is 5.32 Å². The summed E-state index contributed by atoms with van der Waals surface area (Å²) in [6.45, 7) is 5.10. The molecule has 1 aromatic carbocycles. The van der Waals surface area contributed by atoms with E-state index in [1.807, 2.05) is 24.4 Å². The van der Waals surface area contributed by atoms with Crippen molar-refractivity contribution in [2.75, 3.05) is 25.0 Å². The minimum atomic E-state index is -0.356. The number of anilines is 1. The summed E-state index contributed by atoms with van der Waals surface area (Å²) in [5, 5.41) is 7.49. The summed E-state index contributed by atoms with van der Waals surface area (Å²) in [7, 11) is 0. The number of aryl methyl sites for hydroxylation is 1. The number of halogens is 1. The van der Waals surface area contributed by atoms with Crippen molar-refractivity contribution < 1.29 is 18.9 Å². The summed E-state index contributed by atoms with van der Waals surface area (Å²) in [6, 6.07) is 8.48. The molecule has 3 N–H and O–H groups in total. The SMILES string of the molecule is CC[NH+](CC(=O)NCc1cccs1)CC(=O)Nc1ccc(C)c(F)c1. The maximum Gasteiger partial charge on any atom is 0.279 e. The molecule has 2 aromatic rings. The number of carbonyl (C=O) groups is 2. The van der Waals surface area contributed by atoms with Gasteiger partial charge in [0.05, 0.1) is 13.1 Å². The highest BCUT2D eigenvalue weighted by Crippen LogP contribution is 2.13. The van der Waals surface area contributed by atoms with Gasteiger partial charge in [0, 0.05) is 10.6 Å². The average molecular weight is 364 g/mol. The quantitative estimate of drug-likeness (QED) is 0.662. The minimum Gasteiger partial charge on any atom is -0.346 e. The van der Waals surface area contributed by atoms with Crippen molar-refractivity contribution >= 4 is 28.8 Å². The third-order valence-corrected chi connectivity index (χ3v) is 4.69. The van der Waals surface area contributed by atoms with Gasteiger partial charge in [-0.2, -0.15) is 0 Å². The molecule has 0 aliphatic carbocycles. The van der Waals surface area contributed by atoms with E-state index in [1.54, 1.807) is 30.4 Å². The van der Waals surface area contributed by atoms with Crippen molar-refractivity contribution in [2.24, 2.45) is 0 Å².